The zero-order valence-corrected chi connectivity index (χ0v) is 10.6. The molecule has 0 fully saturated rings. The van der Waals surface area contributed by atoms with Crippen LogP contribution in [0.1, 0.15) is 6.42 Å². The molecule has 0 heterocycles. The molecule has 0 N–H and O–H groups in total. The van der Waals surface area contributed by atoms with Gasteiger partial charge in [0.2, 0.25) is 0 Å². The van der Waals surface area contributed by atoms with E-state index in [0.29, 0.717) is 6.29 Å². The summed E-state index contributed by atoms with van der Waals surface area (Å²) >= 11 is 0. The number of halogens is 2. The molecule has 0 bridgehead atoms. The summed E-state index contributed by atoms with van der Waals surface area (Å²) in [5.74, 6) is -1.74. The third-order valence-electron chi connectivity index (χ3n) is 2.29. The summed E-state index contributed by atoms with van der Waals surface area (Å²) in [5, 5.41) is 0. The van der Waals surface area contributed by atoms with Crippen LogP contribution in [-0.4, -0.2) is 27.1 Å². The van der Waals surface area contributed by atoms with Crippen molar-refractivity contribution in [3.63, 3.8) is 0 Å². The zero-order valence-electron chi connectivity index (χ0n) is 9.83. The molecule has 104 valence electrons. The van der Waals surface area contributed by atoms with Crippen molar-refractivity contribution in [3.05, 3.63) is 31.2 Å². The maximum absolute atomic E-state index is 12.2. The Hall–Kier alpha value is -1.50. The maximum atomic E-state index is 12.2. The van der Waals surface area contributed by atoms with Gasteiger partial charge in [0.1, 0.15) is 16.9 Å². The molecule has 0 saturated heterocycles. The number of hydrogen-bond acceptors (Lipinski definition) is 4. The molecule has 0 unspecified atom stereocenters. The number of carbonyl (C=O) groups excluding carboxylic acids is 1. The Morgan fingerprint density at radius 2 is 1.95 bits per heavy atom. The first kappa shape index (κ1) is 15.6. The quantitative estimate of drug-likeness (QED) is 0.720. The summed E-state index contributed by atoms with van der Waals surface area (Å²) in [6, 6.07) is 5.08. The van der Waals surface area contributed by atoms with Crippen LogP contribution in [0.4, 0.5) is 8.78 Å². The van der Waals surface area contributed by atoms with Gasteiger partial charge in [0.25, 0.3) is 0 Å². The molecule has 0 saturated carbocycles. The van der Waals surface area contributed by atoms with Gasteiger partial charge in [0, 0.05) is 5.92 Å². The molecule has 0 spiro atoms. The SMILES string of the molecule is [CH][C@H](C=O)CCS(=O)(=O)c1ccccc1OC(F)F. The number of para-hydroxylation sites is 1. The Bertz CT molecular complexity index is 528. The van der Waals surface area contributed by atoms with Crippen LogP contribution < -0.4 is 4.74 Å². The van der Waals surface area contributed by atoms with Crippen molar-refractivity contribution in [2.45, 2.75) is 17.9 Å². The number of carbonyl (C=O) groups is 1. The van der Waals surface area contributed by atoms with Crippen LogP contribution >= 0.6 is 0 Å². The summed E-state index contributed by atoms with van der Waals surface area (Å²) in [5.41, 5.74) is 0. The fourth-order valence-electron chi connectivity index (χ4n) is 1.37. The number of hydrogen-bond donors (Lipinski definition) is 0. The van der Waals surface area contributed by atoms with E-state index in [1.54, 1.807) is 0 Å². The van der Waals surface area contributed by atoms with Crippen LogP contribution in [0.3, 0.4) is 0 Å². The number of benzene rings is 1. The molecular weight excluding hydrogens is 278 g/mol. The predicted molar refractivity (Wildman–Crippen MR) is 63.6 cm³/mol. The highest BCUT2D eigenvalue weighted by Gasteiger charge is 2.21. The average Bonchev–Trinajstić information content (AvgIpc) is 2.35. The third kappa shape index (κ3) is 4.59. The lowest BCUT2D eigenvalue weighted by Crippen LogP contribution is -2.13. The first-order chi connectivity index (χ1) is 8.86. The van der Waals surface area contributed by atoms with Crippen molar-refractivity contribution < 1.29 is 26.7 Å². The van der Waals surface area contributed by atoms with E-state index in [1.165, 1.54) is 18.2 Å². The largest absolute Gasteiger partial charge is 0.433 e. The number of aldehydes is 1. The lowest BCUT2D eigenvalue weighted by molar-refractivity contribution is -0.110. The van der Waals surface area contributed by atoms with Crippen LogP contribution in [0.5, 0.6) is 5.75 Å². The van der Waals surface area contributed by atoms with Crippen LogP contribution in [0.15, 0.2) is 29.2 Å². The molecule has 0 amide bonds. The van der Waals surface area contributed by atoms with Crippen molar-refractivity contribution in [1.29, 1.82) is 0 Å². The van der Waals surface area contributed by atoms with Crippen LogP contribution in [-0.2, 0) is 14.6 Å². The summed E-state index contributed by atoms with van der Waals surface area (Å²) in [4.78, 5) is 9.99. The predicted octanol–water partition coefficient (Wildman–Crippen LogP) is 1.98. The third-order valence-corrected chi connectivity index (χ3v) is 4.08. The Balaban J connectivity index is 2.97. The number of sulfone groups is 1. The molecule has 0 aliphatic heterocycles. The van der Waals surface area contributed by atoms with Crippen molar-refractivity contribution in [1.82, 2.24) is 0 Å². The van der Waals surface area contributed by atoms with E-state index in [1.807, 2.05) is 0 Å². The molecule has 0 aliphatic rings. The number of alkyl halides is 2. The van der Waals surface area contributed by atoms with E-state index in [-0.39, 0.29) is 11.3 Å². The molecule has 4 nitrogen and oxygen atoms in total. The molecular formula is C12H12F2O4S. The van der Waals surface area contributed by atoms with E-state index < -0.39 is 33.9 Å². The maximum Gasteiger partial charge on any atom is 0.387 e. The minimum absolute atomic E-state index is 0.0884. The Kier molecular flexibility index (Phi) is 5.41. The molecule has 0 aromatic heterocycles. The fraction of sp³-hybridized carbons (Fsp3) is 0.333. The Morgan fingerprint density at radius 3 is 2.53 bits per heavy atom. The van der Waals surface area contributed by atoms with E-state index >= 15 is 0 Å². The summed E-state index contributed by atoms with van der Waals surface area (Å²) in [7, 11) is -3.84. The topological polar surface area (TPSA) is 60.4 Å². The van der Waals surface area contributed by atoms with Gasteiger partial charge < -0.3 is 9.53 Å². The molecule has 0 aliphatic carbocycles. The van der Waals surface area contributed by atoms with Gasteiger partial charge in [-0.3, -0.25) is 0 Å². The van der Waals surface area contributed by atoms with Crippen molar-refractivity contribution >= 4 is 16.1 Å². The number of ether oxygens (including phenoxy) is 1. The second-order valence-electron chi connectivity index (χ2n) is 3.73. The monoisotopic (exact) mass is 290 g/mol. The molecule has 2 radical (unpaired) electrons. The van der Waals surface area contributed by atoms with Crippen molar-refractivity contribution in [2.24, 2.45) is 5.92 Å². The highest BCUT2D eigenvalue weighted by Crippen LogP contribution is 2.26. The highest BCUT2D eigenvalue weighted by atomic mass is 32.2. The van der Waals surface area contributed by atoms with E-state index in [2.05, 4.69) is 4.74 Å². The fourth-order valence-corrected chi connectivity index (χ4v) is 2.88. The van der Waals surface area contributed by atoms with Gasteiger partial charge in [0.15, 0.2) is 9.84 Å². The van der Waals surface area contributed by atoms with Gasteiger partial charge in [-0.1, -0.05) is 12.1 Å². The van der Waals surface area contributed by atoms with Gasteiger partial charge >= 0.3 is 6.61 Å². The van der Waals surface area contributed by atoms with Crippen molar-refractivity contribution in [2.75, 3.05) is 5.75 Å². The zero-order chi connectivity index (χ0) is 14.5. The van der Waals surface area contributed by atoms with Crippen molar-refractivity contribution in [3.8, 4) is 5.75 Å². The molecule has 7 heteroatoms. The Morgan fingerprint density at radius 1 is 1.32 bits per heavy atom. The molecule has 1 aromatic carbocycles. The average molecular weight is 290 g/mol. The summed E-state index contributed by atoms with van der Waals surface area (Å²) in [6.07, 6.45) is 0.339. The van der Waals surface area contributed by atoms with Gasteiger partial charge in [0.05, 0.1) is 5.75 Å². The second-order valence-corrected chi connectivity index (χ2v) is 5.81. The van der Waals surface area contributed by atoms with Gasteiger partial charge in [-0.25, -0.2) is 8.42 Å². The minimum Gasteiger partial charge on any atom is -0.433 e. The molecule has 1 rings (SSSR count). The standard InChI is InChI=1S/C12H12F2O4S/c1-9(8-15)6-7-19(16,17)11-5-3-2-4-10(11)18-12(13)14/h1-5,8-9,12H,6-7H2/t9-/m0/s1. The van der Waals surface area contributed by atoms with Gasteiger partial charge in [-0.2, -0.15) is 8.78 Å². The van der Waals surface area contributed by atoms with Gasteiger partial charge in [-0.05, 0) is 25.5 Å². The highest BCUT2D eigenvalue weighted by molar-refractivity contribution is 7.91. The van der Waals surface area contributed by atoms with Gasteiger partial charge in [-0.15, -0.1) is 0 Å². The lowest BCUT2D eigenvalue weighted by Gasteiger charge is -2.11. The molecule has 1 atom stereocenters. The lowest BCUT2D eigenvalue weighted by atomic mass is 10.1. The summed E-state index contributed by atoms with van der Waals surface area (Å²) in [6.45, 7) is 2.18. The Labute approximate surface area is 110 Å². The molecule has 19 heavy (non-hydrogen) atoms. The van der Waals surface area contributed by atoms with E-state index in [4.69, 9.17) is 6.92 Å². The second kappa shape index (κ2) is 6.60. The van der Waals surface area contributed by atoms with Crippen LogP contribution in [0, 0.1) is 12.8 Å². The normalized spacial score (nSPS) is 13.3. The van der Waals surface area contributed by atoms with E-state index in [0.717, 1.165) is 6.07 Å². The first-order valence-electron chi connectivity index (χ1n) is 5.34. The first-order valence-corrected chi connectivity index (χ1v) is 6.99. The minimum atomic E-state index is -3.84. The summed E-state index contributed by atoms with van der Waals surface area (Å²) < 4.78 is 52.4. The molecule has 1 aromatic rings. The smallest absolute Gasteiger partial charge is 0.387 e. The van der Waals surface area contributed by atoms with Crippen LogP contribution in [0.2, 0.25) is 0 Å². The van der Waals surface area contributed by atoms with E-state index in [9.17, 15) is 22.0 Å². The number of rotatable bonds is 7. The van der Waals surface area contributed by atoms with Crippen LogP contribution in [0.25, 0.3) is 0 Å².